The Balaban J connectivity index is 0.000000165. The van der Waals surface area contributed by atoms with Crippen LogP contribution in [-0.4, -0.2) is 94.0 Å². The Kier molecular flexibility index (Phi) is 12.9. The number of hydrogen-bond donors (Lipinski definition) is 3. The van der Waals surface area contributed by atoms with Crippen molar-refractivity contribution in [1.82, 2.24) is 35.7 Å². The van der Waals surface area contributed by atoms with Crippen LogP contribution in [0, 0.1) is 52.6 Å². The fourth-order valence-corrected chi connectivity index (χ4v) is 9.07. The summed E-state index contributed by atoms with van der Waals surface area (Å²) in [4.78, 5) is 40.4. The van der Waals surface area contributed by atoms with Gasteiger partial charge in [-0.05, 0) is 76.1 Å². The van der Waals surface area contributed by atoms with E-state index < -0.39 is 23.5 Å². The number of rotatable bonds is 5. The zero-order valence-corrected chi connectivity index (χ0v) is 32.2. The van der Waals surface area contributed by atoms with Gasteiger partial charge in [0.15, 0.2) is 12.4 Å². The second kappa shape index (κ2) is 17.7. The third-order valence-corrected chi connectivity index (χ3v) is 11.9. The first-order valence-electron chi connectivity index (χ1n) is 19.1. The Morgan fingerprint density at radius 1 is 0.814 bits per heavy atom. The van der Waals surface area contributed by atoms with Gasteiger partial charge in [-0.25, -0.2) is 4.98 Å². The molecule has 2 amide bonds. The van der Waals surface area contributed by atoms with Gasteiger partial charge in [0.1, 0.15) is 16.9 Å². The second-order valence-corrected chi connectivity index (χ2v) is 15.7. The van der Waals surface area contributed by atoms with Crippen LogP contribution in [0.2, 0.25) is 5.15 Å². The molecule has 6 saturated heterocycles. The SMILES string of the molecule is N#CN1[C@H]2CC[C@@H]1[C@H](NC(=O)[C@H]1CCNC1)C2.N#Cc1cc(C(F)(F)F)cc(Cl)n1.[C-]#[N+]c1cc(C(F)(F)F)cc(N2CC[C@H](C(=O)N[C@@H]3C[C@@H]4CC[C@H]3N4C#N)C2)n1. The van der Waals surface area contributed by atoms with E-state index in [2.05, 4.69) is 43.1 Å². The lowest BCUT2D eigenvalue weighted by Gasteiger charge is -2.23. The molecule has 59 heavy (non-hydrogen) atoms. The minimum Gasteiger partial charge on any atom is -0.361 e. The summed E-state index contributed by atoms with van der Waals surface area (Å²) in [5, 5.41) is 35.7. The number of halogens is 7. The summed E-state index contributed by atoms with van der Waals surface area (Å²) < 4.78 is 75.6. The number of anilines is 1. The van der Waals surface area contributed by atoms with E-state index >= 15 is 0 Å². The molecular weight excluding hydrogens is 806 g/mol. The zero-order chi connectivity index (χ0) is 42.6. The van der Waals surface area contributed by atoms with E-state index in [1.54, 1.807) is 9.80 Å². The number of pyridine rings is 2. The third kappa shape index (κ3) is 9.84. The van der Waals surface area contributed by atoms with E-state index in [9.17, 15) is 41.2 Å². The van der Waals surface area contributed by atoms with Gasteiger partial charge in [-0.3, -0.25) is 9.59 Å². The average molecular weight is 845 g/mol. The molecule has 0 aromatic carbocycles. The van der Waals surface area contributed by atoms with Gasteiger partial charge in [0, 0.05) is 37.8 Å². The predicted molar refractivity (Wildman–Crippen MR) is 197 cm³/mol. The molecule has 8 rings (SSSR count). The lowest BCUT2D eigenvalue weighted by molar-refractivity contribution is -0.138. The largest absolute Gasteiger partial charge is 0.416 e. The fourth-order valence-electron chi connectivity index (χ4n) is 8.86. The summed E-state index contributed by atoms with van der Waals surface area (Å²) in [6.07, 6.45) is 2.55. The van der Waals surface area contributed by atoms with Gasteiger partial charge < -0.3 is 35.5 Å². The molecule has 0 spiro atoms. The number of carbonyl (C=O) groups is 2. The molecule has 0 aliphatic carbocycles. The van der Waals surface area contributed by atoms with Crippen LogP contribution in [0.15, 0.2) is 24.3 Å². The van der Waals surface area contributed by atoms with Gasteiger partial charge >= 0.3 is 12.4 Å². The fraction of sp³-hybridized carbons (Fsp3) is 0.579. The van der Waals surface area contributed by atoms with E-state index in [0.717, 1.165) is 70.2 Å². The molecule has 0 unspecified atom stereocenters. The van der Waals surface area contributed by atoms with Crippen molar-refractivity contribution < 1.29 is 35.9 Å². The summed E-state index contributed by atoms with van der Waals surface area (Å²) in [5.74, 6) is -0.453. The van der Waals surface area contributed by atoms with E-state index in [4.69, 9.17) is 28.7 Å². The average Bonchev–Trinajstić information content (AvgIpc) is 4.07. The van der Waals surface area contributed by atoms with Gasteiger partial charge in [-0.1, -0.05) is 18.2 Å². The van der Waals surface area contributed by atoms with Crippen molar-refractivity contribution in [2.24, 2.45) is 11.8 Å². The van der Waals surface area contributed by atoms with Crippen molar-refractivity contribution in [2.75, 3.05) is 31.1 Å². The van der Waals surface area contributed by atoms with E-state index in [-0.39, 0.29) is 82.9 Å². The number of hydrogen-bond acceptors (Lipinski definition) is 11. The first-order chi connectivity index (χ1) is 28.0. The zero-order valence-electron chi connectivity index (χ0n) is 31.4. The first-order valence-corrected chi connectivity index (χ1v) is 19.4. The third-order valence-electron chi connectivity index (χ3n) is 11.8. The minimum absolute atomic E-state index is 0.0396. The maximum Gasteiger partial charge on any atom is 0.416 e. The maximum absolute atomic E-state index is 13.1. The Labute approximate surface area is 340 Å². The maximum atomic E-state index is 13.1. The van der Waals surface area contributed by atoms with Crippen molar-refractivity contribution in [1.29, 1.82) is 15.8 Å². The first kappa shape index (κ1) is 43.0. The normalized spacial score (nSPS) is 27.7. The highest BCUT2D eigenvalue weighted by atomic mass is 35.5. The molecular formula is C38H39ClF6N12O2. The predicted octanol–water partition coefficient (Wildman–Crippen LogP) is 5.10. The highest BCUT2D eigenvalue weighted by molar-refractivity contribution is 6.29. The molecule has 4 bridgehead atoms. The van der Waals surface area contributed by atoms with Crippen molar-refractivity contribution in [3.05, 3.63) is 57.7 Å². The van der Waals surface area contributed by atoms with Gasteiger partial charge in [0.25, 0.3) is 5.82 Å². The monoisotopic (exact) mass is 844 g/mol. The number of amides is 2. The molecule has 3 N–H and O–H groups in total. The molecule has 312 valence electrons. The second-order valence-electron chi connectivity index (χ2n) is 15.3. The summed E-state index contributed by atoms with van der Waals surface area (Å²) in [5.41, 5.74) is -2.23. The topological polar surface area (TPSA) is 181 Å². The molecule has 14 nitrogen and oxygen atoms in total. The molecule has 6 aliphatic heterocycles. The van der Waals surface area contributed by atoms with E-state index in [0.29, 0.717) is 31.1 Å². The lowest BCUT2D eigenvalue weighted by Crippen LogP contribution is -2.46. The van der Waals surface area contributed by atoms with Crippen molar-refractivity contribution in [2.45, 2.75) is 100.0 Å². The summed E-state index contributed by atoms with van der Waals surface area (Å²) in [7, 11) is 0. The van der Waals surface area contributed by atoms with Gasteiger partial charge in [-0.15, -0.1) is 4.98 Å². The highest BCUT2D eigenvalue weighted by Crippen LogP contribution is 2.39. The van der Waals surface area contributed by atoms with Crippen LogP contribution < -0.4 is 20.9 Å². The number of fused-ring (bicyclic) bond motifs is 4. The molecule has 6 aliphatic rings. The van der Waals surface area contributed by atoms with Crippen molar-refractivity contribution in [3.8, 4) is 18.5 Å². The Hall–Kier alpha value is -5.57. The van der Waals surface area contributed by atoms with Crippen LogP contribution in [0.3, 0.4) is 0 Å². The minimum atomic E-state index is -4.57. The smallest absolute Gasteiger partial charge is 0.361 e. The molecule has 0 radical (unpaired) electrons. The lowest BCUT2D eigenvalue weighted by atomic mass is 9.95. The van der Waals surface area contributed by atoms with Crippen molar-refractivity contribution in [3.63, 3.8) is 0 Å². The molecule has 0 saturated carbocycles. The number of nitriles is 3. The summed E-state index contributed by atoms with van der Waals surface area (Å²) >= 11 is 5.27. The highest BCUT2D eigenvalue weighted by Gasteiger charge is 2.48. The molecule has 2 aromatic heterocycles. The van der Waals surface area contributed by atoms with Crippen LogP contribution in [0.25, 0.3) is 4.85 Å². The Morgan fingerprint density at radius 2 is 1.39 bits per heavy atom. The van der Waals surface area contributed by atoms with Gasteiger partial charge in [0.05, 0.1) is 47.1 Å². The number of nitrogens with one attached hydrogen (secondary N) is 3. The van der Waals surface area contributed by atoms with E-state index in [1.165, 1.54) is 6.07 Å². The van der Waals surface area contributed by atoms with Gasteiger partial charge in [-0.2, -0.15) is 42.1 Å². The van der Waals surface area contributed by atoms with Crippen LogP contribution in [-0.2, 0) is 21.9 Å². The standard InChI is InChI=1S/C19H19F3N6O.C12H18N4O.C7H2ClF3N2/c1-24-16-6-12(19(20,21)22)7-17(26-16)27-5-4-11(9-27)18(29)25-14-8-13-2-3-15(14)28(13)10-23;13-7-16-9-1-2-11(16)10(5-9)15-12(17)8-3-4-14-6-8;8-6-2-4(7(9,10)11)1-5(3-12)13-6/h6-7,11,13-15H,2-5,8-9H2,(H,25,29);8-11,14H,1-6H2,(H,15,17);1-2H/t11-,13-,14+,15+;8-,9-,10+,11+;/m00./s1. The van der Waals surface area contributed by atoms with Crippen LogP contribution >= 0.6 is 11.6 Å². The molecule has 2 aromatic rings. The molecule has 21 heteroatoms. The van der Waals surface area contributed by atoms with Crippen LogP contribution in [0.5, 0.6) is 0 Å². The Bertz CT molecular complexity index is 2070. The number of aromatic nitrogens is 2. The summed E-state index contributed by atoms with van der Waals surface area (Å²) in [6.45, 7) is 9.39. The number of carbonyl (C=O) groups excluding carboxylic acids is 2. The molecule has 8 heterocycles. The van der Waals surface area contributed by atoms with Crippen molar-refractivity contribution >= 4 is 35.1 Å². The van der Waals surface area contributed by atoms with Crippen LogP contribution in [0.1, 0.15) is 68.2 Å². The molecule has 6 fully saturated rings. The molecule has 8 atom stereocenters. The summed E-state index contributed by atoms with van der Waals surface area (Å²) in [6, 6.07) is 5.45. The number of alkyl halides is 6. The number of nitrogens with zero attached hydrogens (tertiary/aromatic N) is 9. The Morgan fingerprint density at radius 3 is 1.88 bits per heavy atom. The van der Waals surface area contributed by atoms with Crippen LogP contribution in [0.4, 0.5) is 38.0 Å². The van der Waals surface area contributed by atoms with Gasteiger partial charge in [0.2, 0.25) is 17.6 Å². The quantitative estimate of drug-likeness (QED) is 0.158. The van der Waals surface area contributed by atoms with E-state index in [1.807, 2.05) is 4.90 Å².